The number of nitrogens with one attached hydrogen (secondary N) is 2. The van der Waals surface area contributed by atoms with Crippen molar-refractivity contribution >= 4 is 22.4 Å². The van der Waals surface area contributed by atoms with Crippen molar-refractivity contribution in [3.05, 3.63) is 11.6 Å². The zero-order chi connectivity index (χ0) is 11.8. The first-order chi connectivity index (χ1) is 7.41. The van der Waals surface area contributed by atoms with E-state index in [1.165, 1.54) is 11.3 Å². The lowest BCUT2D eigenvalue weighted by atomic mass is 9.84. The largest absolute Gasteiger partial charge is 0.303 e. The first-order valence-electron chi connectivity index (χ1n) is 5.37. The summed E-state index contributed by atoms with van der Waals surface area (Å²) in [5.74, 6) is 0.00743. The molecular formula is C11H17N3OS. The Balaban J connectivity index is 2.05. The Bertz CT molecular complexity index is 388. The van der Waals surface area contributed by atoms with E-state index in [2.05, 4.69) is 29.5 Å². The molecule has 88 valence electrons. The summed E-state index contributed by atoms with van der Waals surface area (Å²) in [5, 5.41) is 8.66. The minimum atomic E-state index is -0.477. The predicted molar refractivity (Wildman–Crippen MR) is 65.5 cm³/mol. The SMILES string of the molecule is CC1(C)CNC(C)(C(=O)Nc2nccs2)C1. The van der Waals surface area contributed by atoms with Crippen molar-refractivity contribution in [2.24, 2.45) is 5.41 Å². The number of carbonyl (C=O) groups is 1. The van der Waals surface area contributed by atoms with Gasteiger partial charge in [-0.15, -0.1) is 11.3 Å². The molecule has 1 aromatic heterocycles. The van der Waals surface area contributed by atoms with E-state index in [9.17, 15) is 4.79 Å². The maximum atomic E-state index is 12.1. The summed E-state index contributed by atoms with van der Waals surface area (Å²) in [6.07, 6.45) is 2.53. The quantitative estimate of drug-likeness (QED) is 0.828. The number of hydrogen-bond donors (Lipinski definition) is 2. The zero-order valence-corrected chi connectivity index (χ0v) is 10.6. The van der Waals surface area contributed by atoms with Crippen LogP contribution in [0.1, 0.15) is 27.2 Å². The first kappa shape index (κ1) is 11.5. The molecule has 0 spiro atoms. The van der Waals surface area contributed by atoms with E-state index in [0.717, 1.165) is 13.0 Å². The second-order valence-corrected chi connectivity index (χ2v) is 6.21. The van der Waals surface area contributed by atoms with Crippen LogP contribution in [0.2, 0.25) is 0 Å². The van der Waals surface area contributed by atoms with Gasteiger partial charge in [-0.1, -0.05) is 13.8 Å². The summed E-state index contributed by atoms with van der Waals surface area (Å²) in [7, 11) is 0. The van der Waals surface area contributed by atoms with E-state index in [-0.39, 0.29) is 11.3 Å². The number of rotatable bonds is 2. The fourth-order valence-electron chi connectivity index (χ4n) is 2.20. The third-order valence-corrected chi connectivity index (χ3v) is 3.63. The van der Waals surface area contributed by atoms with Gasteiger partial charge in [-0.3, -0.25) is 4.79 Å². The highest BCUT2D eigenvalue weighted by Crippen LogP contribution is 2.34. The van der Waals surface area contributed by atoms with Gasteiger partial charge in [0.15, 0.2) is 5.13 Å². The van der Waals surface area contributed by atoms with Crippen LogP contribution in [-0.2, 0) is 4.79 Å². The van der Waals surface area contributed by atoms with E-state index < -0.39 is 5.54 Å². The molecule has 5 heteroatoms. The van der Waals surface area contributed by atoms with Crippen LogP contribution < -0.4 is 10.6 Å². The number of aromatic nitrogens is 1. The summed E-state index contributed by atoms with van der Waals surface area (Å²) in [4.78, 5) is 16.2. The van der Waals surface area contributed by atoms with Crippen LogP contribution in [0.4, 0.5) is 5.13 Å². The van der Waals surface area contributed by atoms with Gasteiger partial charge >= 0.3 is 0 Å². The predicted octanol–water partition coefficient (Wildman–Crippen LogP) is 1.86. The number of thiazole rings is 1. The lowest BCUT2D eigenvalue weighted by Crippen LogP contribution is -2.48. The van der Waals surface area contributed by atoms with Crippen molar-refractivity contribution in [3.8, 4) is 0 Å². The van der Waals surface area contributed by atoms with Crippen LogP contribution >= 0.6 is 11.3 Å². The minimum absolute atomic E-state index is 0.00743. The molecule has 1 aliphatic heterocycles. The van der Waals surface area contributed by atoms with Crippen molar-refractivity contribution < 1.29 is 4.79 Å². The second kappa shape index (κ2) is 3.82. The molecule has 2 rings (SSSR count). The van der Waals surface area contributed by atoms with E-state index in [1.54, 1.807) is 6.20 Å². The number of anilines is 1. The average Bonchev–Trinajstić information content (AvgIpc) is 2.75. The molecule has 0 bridgehead atoms. The molecule has 1 amide bonds. The summed E-state index contributed by atoms with van der Waals surface area (Å²) in [5.41, 5.74) is -0.301. The van der Waals surface area contributed by atoms with E-state index in [1.807, 2.05) is 12.3 Å². The lowest BCUT2D eigenvalue weighted by Gasteiger charge is -2.24. The van der Waals surface area contributed by atoms with Gasteiger partial charge in [0.2, 0.25) is 5.91 Å². The fraction of sp³-hybridized carbons (Fsp3) is 0.636. The molecule has 1 atom stereocenters. The smallest absolute Gasteiger partial charge is 0.246 e. The molecule has 4 nitrogen and oxygen atoms in total. The molecule has 0 aromatic carbocycles. The molecule has 1 aromatic rings. The lowest BCUT2D eigenvalue weighted by molar-refractivity contribution is -0.121. The molecule has 1 fully saturated rings. The highest BCUT2D eigenvalue weighted by atomic mass is 32.1. The number of amides is 1. The molecular weight excluding hydrogens is 222 g/mol. The third kappa shape index (κ3) is 2.25. The standard InChI is InChI=1S/C11H17N3OS/c1-10(2)6-11(3,13-7-10)8(15)14-9-12-4-5-16-9/h4-5,13H,6-7H2,1-3H3,(H,12,14,15). The average molecular weight is 239 g/mol. The topological polar surface area (TPSA) is 54.0 Å². The summed E-state index contributed by atoms with van der Waals surface area (Å²) >= 11 is 1.44. The highest BCUT2D eigenvalue weighted by Gasteiger charge is 2.44. The highest BCUT2D eigenvalue weighted by molar-refractivity contribution is 7.13. The van der Waals surface area contributed by atoms with E-state index >= 15 is 0 Å². The Hall–Kier alpha value is -0.940. The monoisotopic (exact) mass is 239 g/mol. The molecule has 0 radical (unpaired) electrons. The Morgan fingerprint density at radius 1 is 1.56 bits per heavy atom. The van der Waals surface area contributed by atoms with Crippen molar-refractivity contribution in [1.82, 2.24) is 10.3 Å². The van der Waals surface area contributed by atoms with Gasteiger partial charge in [0.05, 0.1) is 5.54 Å². The maximum Gasteiger partial charge on any atom is 0.246 e. The Morgan fingerprint density at radius 3 is 2.81 bits per heavy atom. The fourth-order valence-corrected chi connectivity index (χ4v) is 2.72. The van der Waals surface area contributed by atoms with Crippen molar-refractivity contribution in [1.29, 1.82) is 0 Å². The normalized spacial score (nSPS) is 27.9. The zero-order valence-electron chi connectivity index (χ0n) is 9.83. The summed E-state index contributed by atoms with van der Waals surface area (Å²) in [6, 6.07) is 0. The molecule has 1 aliphatic rings. The molecule has 0 aliphatic carbocycles. The van der Waals surface area contributed by atoms with Gasteiger partial charge in [-0.05, 0) is 18.8 Å². The second-order valence-electron chi connectivity index (χ2n) is 5.32. The Kier molecular flexibility index (Phi) is 2.75. The van der Waals surface area contributed by atoms with Gasteiger partial charge in [0.25, 0.3) is 0 Å². The number of carbonyl (C=O) groups excluding carboxylic acids is 1. The van der Waals surface area contributed by atoms with Gasteiger partial charge in [0, 0.05) is 18.1 Å². The van der Waals surface area contributed by atoms with Gasteiger partial charge < -0.3 is 10.6 Å². The molecule has 16 heavy (non-hydrogen) atoms. The van der Waals surface area contributed by atoms with Crippen LogP contribution in [0, 0.1) is 5.41 Å². The van der Waals surface area contributed by atoms with Crippen LogP contribution in [-0.4, -0.2) is 23.0 Å². The van der Waals surface area contributed by atoms with Gasteiger partial charge in [0.1, 0.15) is 0 Å². The van der Waals surface area contributed by atoms with Crippen molar-refractivity contribution in [2.75, 3.05) is 11.9 Å². The Labute approximate surface area is 99.5 Å². The summed E-state index contributed by atoms with van der Waals surface area (Å²) in [6.45, 7) is 7.16. The third-order valence-electron chi connectivity index (χ3n) is 2.94. The number of nitrogens with zero attached hydrogens (tertiary/aromatic N) is 1. The molecule has 0 saturated carbocycles. The van der Waals surface area contributed by atoms with Crippen molar-refractivity contribution in [3.63, 3.8) is 0 Å². The Morgan fingerprint density at radius 2 is 2.31 bits per heavy atom. The van der Waals surface area contributed by atoms with Crippen LogP contribution in [0.15, 0.2) is 11.6 Å². The number of hydrogen-bond acceptors (Lipinski definition) is 4. The minimum Gasteiger partial charge on any atom is -0.303 e. The summed E-state index contributed by atoms with van der Waals surface area (Å²) < 4.78 is 0. The molecule has 2 N–H and O–H groups in total. The molecule has 1 unspecified atom stereocenters. The maximum absolute atomic E-state index is 12.1. The molecule has 1 saturated heterocycles. The van der Waals surface area contributed by atoms with Gasteiger partial charge in [-0.2, -0.15) is 0 Å². The van der Waals surface area contributed by atoms with Crippen LogP contribution in [0.5, 0.6) is 0 Å². The van der Waals surface area contributed by atoms with Crippen LogP contribution in [0.25, 0.3) is 0 Å². The van der Waals surface area contributed by atoms with Crippen LogP contribution in [0.3, 0.4) is 0 Å². The molecule has 2 heterocycles. The van der Waals surface area contributed by atoms with E-state index in [4.69, 9.17) is 0 Å². The van der Waals surface area contributed by atoms with Gasteiger partial charge in [-0.25, -0.2) is 4.98 Å². The van der Waals surface area contributed by atoms with Crippen molar-refractivity contribution in [2.45, 2.75) is 32.7 Å². The first-order valence-corrected chi connectivity index (χ1v) is 6.25. The van der Waals surface area contributed by atoms with E-state index in [0.29, 0.717) is 5.13 Å².